The van der Waals surface area contributed by atoms with Crippen LogP contribution in [0.2, 0.25) is 0 Å². The zero-order chi connectivity index (χ0) is 25.8. The number of thiophene rings is 1. The van der Waals surface area contributed by atoms with Crippen molar-refractivity contribution in [2.45, 2.75) is 50.2 Å². The van der Waals surface area contributed by atoms with E-state index < -0.39 is 11.2 Å². The second kappa shape index (κ2) is 11.3. The fourth-order valence-corrected chi connectivity index (χ4v) is 6.63. The molecular weight excluding hydrogens is 492 g/mol. The highest BCUT2D eigenvalue weighted by Gasteiger charge is 2.29. The molecule has 36 heavy (non-hydrogen) atoms. The molecule has 4 rings (SSSR count). The first-order chi connectivity index (χ1) is 17.3. The number of amides is 2. The first-order valence-electron chi connectivity index (χ1n) is 11.9. The quantitative estimate of drug-likeness (QED) is 0.279. The highest BCUT2D eigenvalue weighted by Crippen LogP contribution is 2.40. The molecule has 2 N–H and O–H groups in total. The van der Waals surface area contributed by atoms with Gasteiger partial charge in [-0.25, -0.2) is 4.79 Å². The zero-order valence-corrected chi connectivity index (χ0v) is 22.5. The van der Waals surface area contributed by atoms with Gasteiger partial charge in [0.25, 0.3) is 5.91 Å². The van der Waals surface area contributed by atoms with Crippen LogP contribution in [-0.2, 0) is 22.4 Å². The first kappa shape index (κ1) is 26.0. The van der Waals surface area contributed by atoms with Gasteiger partial charge in [-0.15, -0.1) is 23.1 Å². The molecule has 2 amide bonds. The van der Waals surface area contributed by atoms with Gasteiger partial charge in [0.15, 0.2) is 0 Å². The molecule has 0 saturated carbocycles. The minimum absolute atomic E-state index is 0.174. The van der Waals surface area contributed by atoms with Gasteiger partial charge in [0.05, 0.1) is 17.9 Å². The van der Waals surface area contributed by atoms with Crippen LogP contribution in [0, 0.1) is 12.8 Å². The second-order valence-electron chi connectivity index (χ2n) is 9.09. The van der Waals surface area contributed by atoms with Crippen molar-refractivity contribution in [2.75, 3.05) is 17.7 Å². The summed E-state index contributed by atoms with van der Waals surface area (Å²) in [4.78, 5) is 40.3. The number of fused-ring (bicyclic) bond motifs is 1. The number of carbonyl (C=O) groups is 3. The molecule has 1 aromatic heterocycles. The van der Waals surface area contributed by atoms with E-state index in [1.807, 2.05) is 56.3 Å². The summed E-state index contributed by atoms with van der Waals surface area (Å²) in [6.45, 7) is 5.93. The maximum Gasteiger partial charge on any atom is 0.341 e. The molecule has 0 saturated heterocycles. The SMILES string of the molecule is COC(=O)c1c(NC(=O)C(C)Sc2cccc(NC(=O)c3ccccc3C)c2)sc2c1CCC(C)C2. The van der Waals surface area contributed by atoms with Crippen molar-refractivity contribution >= 4 is 51.6 Å². The molecule has 0 spiro atoms. The third-order valence-electron chi connectivity index (χ3n) is 6.30. The monoisotopic (exact) mass is 522 g/mol. The smallest absolute Gasteiger partial charge is 0.341 e. The number of methoxy groups -OCH3 is 1. The Kier molecular flexibility index (Phi) is 8.16. The fraction of sp³-hybridized carbons (Fsp3) is 0.321. The topological polar surface area (TPSA) is 84.5 Å². The molecule has 1 aliphatic rings. The van der Waals surface area contributed by atoms with Gasteiger partial charge >= 0.3 is 5.97 Å². The minimum Gasteiger partial charge on any atom is -0.465 e. The lowest BCUT2D eigenvalue weighted by atomic mass is 9.88. The van der Waals surface area contributed by atoms with Crippen molar-refractivity contribution in [3.63, 3.8) is 0 Å². The fourth-order valence-electron chi connectivity index (χ4n) is 4.30. The summed E-state index contributed by atoms with van der Waals surface area (Å²) >= 11 is 2.87. The van der Waals surface area contributed by atoms with Crippen LogP contribution >= 0.6 is 23.1 Å². The standard InChI is InChI=1S/C28H30N2O4S2/c1-16-12-13-22-23(14-16)36-27(24(22)28(33)34-4)30-25(31)18(3)35-20-10-7-9-19(15-20)29-26(32)21-11-6-5-8-17(21)2/h5-11,15-16,18H,12-14H2,1-4H3,(H,29,32)(H,30,31). The number of carbonyl (C=O) groups excluding carboxylic acids is 3. The van der Waals surface area contributed by atoms with E-state index in [1.54, 1.807) is 6.07 Å². The van der Waals surface area contributed by atoms with Crippen LogP contribution in [0.15, 0.2) is 53.4 Å². The van der Waals surface area contributed by atoms with Gasteiger partial charge in [0.1, 0.15) is 5.00 Å². The molecule has 2 atom stereocenters. The second-order valence-corrected chi connectivity index (χ2v) is 11.6. The molecule has 3 aromatic rings. The summed E-state index contributed by atoms with van der Waals surface area (Å²) in [7, 11) is 1.37. The van der Waals surface area contributed by atoms with Crippen LogP contribution in [0.4, 0.5) is 10.7 Å². The highest BCUT2D eigenvalue weighted by atomic mass is 32.2. The number of esters is 1. The Morgan fingerprint density at radius 3 is 2.64 bits per heavy atom. The summed E-state index contributed by atoms with van der Waals surface area (Å²) in [5.74, 6) is -0.216. The van der Waals surface area contributed by atoms with Crippen molar-refractivity contribution in [3.8, 4) is 0 Å². The van der Waals surface area contributed by atoms with E-state index in [1.165, 1.54) is 30.2 Å². The van der Waals surface area contributed by atoms with Gasteiger partial charge in [0.2, 0.25) is 5.91 Å². The van der Waals surface area contributed by atoms with E-state index in [9.17, 15) is 14.4 Å². The van der Waals surface area contributed by atoms with E-state index in [0.717, 1.165) is 40.2 Å². The molecule has 188 valence electrons. The Hall–Kier alpha value is -3.10. The maximum absolute atomic E-state index is 13.1. The predicted octanol–water partition coefficient (Wildman–Crippen LogP) is 6.34. The summed E-state index contributed by atoms with van der Waals surface area (Å²) in [5.41, 5.74) is 3.70. The number of benzene rings is 2. The third kappa shape index (κ3) is 5.82. The molecular formula is C28H30N2O4S2. The van der Waals surface area contributed by atoms with Crippen LogP contribution < -0.4 is 10.6 Å². The Morgan fingerprint density at radius 1 is 1.11 bits per heavy atom. The number of hydrogen-bond acceptors (Lipinski definition) is 6. The molecule has 8 heteroatoms. The Labute approximate surface area is 219 Å². The highest BCUT2D eigenvalue weighted by molar-refractivity contribution is 8.00. The number of aryl methyl sites for hydroxylation is 1. The number of ether oxygens (including phenoxy) is 1. The van der Waals surface area contributed by atoms with E-state index in [0.29, 0.717) is 27.7 Å². The van der Waals surface area contributed by atoms with Gasteiger partial charge in [0, 0.05) is 21.0 Å². The van der Waals surface area contributed by atoms with Crippen molar-refractivity contribution in [2.24, 2.45) is 5.92 Å². The lowest BCUT2D eigenvalue weighted by Crippen LogP contribution is -2.23. The average molecular weight is 523 g/mol. The lowest BCUT2D eigenvalue weighted by molar-refractivity contribution is -0.115. The first-order valence-corrected chi connectivity index (χ1v) is 13.6. The predicted molar refractivity (Wildman–Crippen MR) is 146 cm³/mol. The maximum atomic E-state index is 13.1. The largest absolute Gasteiger partial charge is 0.465 e. The van der Waals surface area contributed by atoms with E-state index >= 15 is 0 Å². The molecule has 1 aliphatic carbocycles. The Balaban J connectivity index is 1.45. The summed E-state index contributed by atoms with van der Waals surface area (Å²) in [6.07, 6.45) is 2.74. The average Bonchev–Trinajstić information content (AvgIpc) is 3.20. The number of rotatable bonds is 7. The minimum atomic E-state index is -0.420. The normalized spacial score (nSPS) is 15.5. The van der Waals surface area contributed by atoms with Gasteiger partial charge in [-0.05, 0) is 74.4 Å². The molecule has 1 heterocycles. The number of thioether (sulfide) groups is 1. The van der Waals surface area contributed by atoms with Crippen LogP contribution in [0.25, 0.3) is 0 Å². The van der Waals surface area contributed by atoms with Crippen LogP contribution in [0.5, 0.6) is 0 Å². The van der Waals surface area contributed by atoms with Gasteiger partial charge in [-0.3, -0.25) is 9.59 Å². The van der Waals surface area contributed by atoms with Gasteiger partial charge in [-0.1, -0.05) is 31.2 Å². The molecule has 6 nitrogen and oxygen atoms in total. The zero-order valence-electron chi connectivity index (χ0n) is 20.8. The van der Waals surface area contributed by atoms with Crippen LogP contribution in [-0.4, -0.2) is 30.1 Å². The molecule has 2 aromatic carbocycles. The van der Waals surface area contributed by atoms with Crippen LogP contribution in [0.3, 0.4) is 0 Å². The summed E-state index contributed by atoms with van der Waals surface area (Å²) in [5, 5.41) is 6.06. The Morgan fingerprint density at radius 2 is 1.89 bits per heavy atom. The van der Waals surface area contributed by atoms with Crippen molar-refractivity contribution in [1.82, 2.24) is 0 Å². The summed E-state index contributed by atoms with van der Waals surface area (Å²) in [6, 6.07) is 14.9. The van der Waals surface area contributed by atoms with Crippen molar-refractivity contribution in [3.05, 3.63) is 75.7 Å². The molecule has 0 aliphatic heterocycles. The lowest BCUT2D eigenvalue weighted by Gasteiger charge is -2.18. The number of anilines is 2. The van der Waals surface area contributed by atoms with E-state index in [2.05, 4.69) is 17.6 Å². The number of nitrogens with one attached hydrogen (secondary N) is 2. The molecule has 0 radical (unpaired) electrons. The Bertz CT molecular complexity index is 1300. The van der Waals surface area contributed by atoms with Gasteiger partial charge in [-0.2, -0.15) is 0 Å². The third-order valence-corrected chi connectivity index (χ3v) is 8.57. The van der Waals surface area contributed by atoms with Crippen molar-refractivity contribution < 1.29 is 19.1 Å². The van der Waals surface area contributed by atoms with Crippen molar-refractivity contribution in [1.29, 1.82) is 0 Å². The summed E-state index contributed by atoms with van der Waals surface area (Å²) < 4.78 is 5.03. The van der Waals surface area contributed by atoms with Crippen LogP contribution in [0.1, 0.15) is 57.0 Å². The van der Waals surface area contributed by atoms with E-state index in [-0.39, 0.29) is 11.8 Å². The molecule has 2 unspecified atom stereocenters. The molecule has 0 bridgehead atoms. The molecule has 0 fully saturated rings. The van der Waals surface area contributed by atoms with E-state index in [4.69, 9.17) is 4.74 Å². The van der Waals surface area contributed by atoms with Gasteiger partial charge < -0.3 is 15.4 Å². The number of hydrogen-bond donors (Lipinski definition) is 2.